The van der Waals surface area contributed by atoms with Gasteiger partial charge in [0.15, 0.2) is 0 Å². The second-order valence-electron chi connectivity index (χ2n) is 3.50. The van der Waals surface area contributed by atoms with Crippen LogP contribution in [0, 0.1) is 0 Å². The lowest BCUT2D eigenvalue weighted by atomic mass is 10.1. The smallest absolute Gasteiger partial charge is 0.317 e. The summed E-state index contributed by atoms with van der Waals surface area (Å²) in [6.45, 7) is 0. The monoisotopic (exact) mass is 200 g/mol. The molecule has 0 bridgehead atoms. The molecule has 0 saturated carbocycles. The number of aromatic hydroxyl groups is 2. The summed E-state index contributed by atoms with van der Waals surface area (Å²) in [6, 6.07) is 7.36. The molecule has 1 aliphatic rings. The molecule has 74 valence electrons. The second kappa shape index (κ2) is 2.70. The Morgan fingerprint density at radius 3 is 2.73 bits per heavy atom. The largest absolute Gasteiger partial charge is 0.493 e. The van der Waals surface area contributed by atoms with Crippen molar-refractivity contribution in [3.05, 3.63) is 35.5 Å². The quantitative estimate of drug-likeness (QED) is 0.576. The highest BCUT2D eigenvalue weighted by Gasteiger charge is 2.24. The average Bonchev–Trinajstić information content (AvgIpc) is 2.54. The first kappa shape index (κ1) is 8.23. The van der Waals surface area contributed by atoms with Crippen LogP contribution in [0.1, 0.15) is 11.3 Å². The van der Waals surface area contributed by atoms with Gasteiger partial charge in [-0.3, -0.25) is 0 Å². The Morgan fingerprint density at radius 1 is 1.07 bits per heavy atom. The lowest BCUT2D eigenvalue weighted by Gasteiger charge is -2.02. The fourth-order valence-electron chi connectivity index (χ4n) is 1.98. The predicted octanol–water partition coefficient (Wildman–Crippen LogP) is 1.46. The molecule has 0 fully saturated rings. The number of fused-ring (bicyclic) bond motifs is 3. The van der Waals surface area contributed by atoms with Gasteiger partial charge >= 0.3 is 6.01 Å². The summed E-state index contributed by atoms with van der Waals surface area (Å²) in [5, 5.41) is 18.8. The van der Waals surface area contributed by atoms with E-state index in [0.29, 0.717) is 17.7 Å². The molecule has 2 N–H and O–H groups in total. The highest BCUT2D eigenvalue weighted by atomic mass is 16.3. The van der Waals surface area contributed by atoms with Gasteiger partial charge in [-0.25, -0.2) is 0 Å². The minimum Gasteiger partial charge on any atom is -0.493 e. The molecular formula is C11H8N2O2. The highest BCUT2D eigenvalue weighted by molar-refractivity contribution is 5.78. The first-order valence-corrected chi connectivity index (χ1v) is 4.63. The summed E-state index contributed by atoms with van der Waals surface area (Å²) in [5.74, 6) is -0.151. The van der Waals surface area contributed by atoms with E-state index in [9.17, 15) is 10.2 Å². The van der Waals surface area contributed by atoms with E-state index in [2.05, 4.69) is 9.97 Å². The van der Waals surface area contributed by atoms with Crippen molar-refractivity contribution >= 4 is 0 Å². The van der Waals surface area contributed by atoms with Crippen LogP contribution in [-0.4, -0.2) is 20.2 Å². The van der Waals surface area contributed by atoms with Crippen molar-refractivity contribution in [3.63, 3.8) is 0 Å². The minimum atomic E-state index is -0.376. The van der Waals surface area contributed by atoms with Crippen molar-refractivity contribution < 1.29 is 10.2 Å². The van der Waals surface area contributed by atoms with Crippen LogP contribution in [-0.2, 0) is 6.42 Å². The molecule has 4 nitrogen and oxygen atoms in total. The lowest BCUT2D eigenvalue weighted by molar-refractivity contribution is 0.397. The Balaban J connectivity index is 2.33. The van der Waals surface area contributed by atoms with E-state index < -0.39 is 0 Å². The Kier molecular flexibility index (Phi) is 1.48. The van der Waals surface area contributed by atoms with Crippen LogP contribution in [0.3, 0.4) is 0 Å². The Bertz CT molecular complexity index is 552. The third-order valence-corrected chi connectivity index (χ3v) is 2.60. The first-order chi connectivity index (χ1) is 7.25. The lowest BCUT2D eigenvalue weighted by Crippen LogP contribution is -1.90. The molecule has 1 heterocycles. The molecule has 2 aromatic rings. The van der Waals surface area contributed by atoms with E-state index in [4.69, 9.17) is 0 Å². The number of rotatable bonds is 0. The summed E-state index contributed by atoms with van der Waals surface area (Å²) in [5.41, 5.74) is 3.37. The summed E-state index contributed by atoms with van der Waals surface area (Å²) in [6.07, 6.45) is 0.634. The Morgan fingerprint density at radius 2 is 1.87 bits per heavy atom. The molecule has 1 aromatic heterocycles. The van der Waals surface area contributed by atoms with Gasteiger partial charge in [0.2, 0.25) is 5.88 Å². The van der Waals surface area contributed by atoms with Crippen molar-refractivity contribution in [1.82, 2.24) is 9.97 Å². The first-order valence-electron chi connectivity index (χ1n) is 4.63. The zero-order valence-electron chi connectivity index (χ0n) is 7.81. The van der Waals surface area contributed by atoms with E-state index >= 15 is 0 Å². The molecule has 0 aliphatic heterocycles. The van der Waals surface area contributed by atoms with Crippen LogP contribution in [0.25, 0.3) is 11.1 Å². The number of hydrogen-bond donors (Lipinski definition) is 2. The second-order valence-corrected chi connectivity index (χ2v) is 3.50. The van der Waals surface area contributed by atoms with Crippen molar-refractivity contribution in [2.24, 2.45) is 0 Å². The summed E-state index contributed by atoms with van der Waals surface area (Å²) in [7, 11) is 0. The van der Waals surface area contributed by atoms with E-state index in [0.717, 1.165) is 11.1 Å². The zero-order chi connectivity index (χ0) is 10.4. The van der Waals surface area contributed by atoms with Crippen molar-refractivity contribution in [1.29, 1.82) is 0 Å². The van der Waals surface area contributed by atoms with E-state index in [1.54, 1.807) is 0 Å². The van der Waals surface area contributed by atoms with Gasteiger partial charge in [0.05, 0.1) is 11.3 Å². The third kappa shape index (κ3) is 1.08. The molecule has 0 atom stereocenters. The van der Waals surface area contributed by atoms with E-state index in [1.165, 1.54) is 0 Å². The minimum absolute atomic E-state index is 0.151. The molecular weight excluding hydrogens is 192 g/mol. The molecule has 0 amide bonds. The fourth-order valence-corrected chi connectivity index (χ4v) is 1.98. The topological polar surface area (TPSA) is 66.2 Å². The summed E-state index contributed by atoms with van der Waals surface area (Å²) < 4.78 is 0. The van der Waals surface area contributed by atoms with Gasteiger partial charge in [-0.05, 0) is 11.1 Å². The number of hydrogen-bond acceptors (Lipinski definition) is 4. The van der Waals surface area contributed by atoms with E-state index in [-0.39, 0.29) is 11.9 Å². The van der Waals surface area contributed by atoms with Crippen LogP contribution >= 0.6 is 0 Å². The molecule has 3 rings (SSSR count). The van der Waals surface area contributed by atoms with Gasteiger partial charge in [0, 0.05) is 6.42 Å². The average molecular weight is 200 g/mol. The fraction of sp³-hybridized carbons (Fsp3) is 0.0909. The molecule has 0 unspecified atom stereocenters. The number of nitrogens with zero attached hydrogens (tertiary/aromatic N) is 2. The third-order valence-electron chi connectivity index (χ3n) is 2.60. The Labute approximate surface area is 85.9 Å². The molecule has 15 heavy (non-hydrogen) atoms. The summed E-state index contributed by atoms with van der Waals surface area (Å²) in [4.78, 5) is 7.46. The van der Waals surface area contributed by atoms with Gasteiger partial charge in [0.1, 0.15) is 0 Å². The maximum absolute atomic E-state index is 9.65. The SMILES string of the molecule is Oc1nc(O)c2c(n1)Cc1ccccc1-2. The Hall–Kier alpha value is -2.10. The van der Waals surface area contributed by atoms with Crippen molar-refractivity contribution in [2.45, 2.75) is 6.42 Å². The standard InChI is InChI=1S/C11H8N2O2/c14-10-9-7-4-2-1-3-6(7)5-8(9)12-11(15)13-10/h1-4H,5H2,(H2,12,13,14,15). The van der Waals surface area contributed by atoms with Crippen LogP contribution < -0.4 is 0 Å². The highest BCUT2D eigenvalue weighted by Crippen LogP contribution is 2.40. The molecule has 4 heteroatoms. The van der Waals surface area contributed by atoms with Crippen molar-refractivity contribution in [3.8, 4) is 23.0 Å². The summed E-state index contributed by atoms with van der Waals surface area (Å²) >= 11 is 0. The van der Waals surface area contributed by atoms with Crippen LogP contribution in [0.4, 0.5) is 0 Å². The molecule has 1 aromatic carbocycles. The van der Waals surface area contributed by atoms with Gasteiger partial charge in [-0.15, -0.1) is 0 Å². The van der Waals surface area contributed by atoms with Gasteiger partial charge in [0.25, 0.3) is 0 Å². The molecule has 1 aliphatic carbocycles. The molecule has 0 radical (unpaired) electrons. The molecule has 0 spiro atoms. The predicted molar refractivity (Wildman–Crippen MR) is 53.6 cm³/mol. The van der Waals surface area contributed by atoms with E-state index in [1.807, 2.05) is 24.3 Å². The number of benzene rings is 1. The normalized spacial score (nSPS) is 12.3. The number of aromatic nitrogens is 2. The maximum atomic E-state index is 9.65. The van der Waals surface area contributed by atoms with Crippen molar-refractivity contribution in [2.75, 3.05) is 0 Å². The van der Waals surface area contributed by atoms with Gasteiger partial charge < -0.3 is 10.2 Å². The van der Waals surface area contributed by atoms with Crippen LogP contribution in [0.15, 0.2) is 24.3 Å². The van der Waals surface area contributed by atoms with Gasteiger partial charge in [-0.1, -0.05) is 24.3 Å². The van der Waals surface area contributed by atoms with Gasteiger partial charge in [-0.2, -0.15) is 9.97 Å². The molecule has 0 saturated heterocycles. The zero-order valence-corrected chi connectivity index (χ0v) is 7.81. The maximum Gasteiger partial charge on any atom is 0.317 e. The van der Waals surface area contributed by atoms with Crippen LogP contribution in [0.5, 0.6) is 11.9 Å². The van der Waals surface area contributed by atoms with Crippen LogP contribution in [0.2, 0.25) is 0 Å².